The number of carbonyl (C=O) groups excluding carboxylic acids is 1. The normalized spacial score (nSPS) is 10.8. The minimum atomic E-state index is -0.212. The zero-order chi connectivity index (χ0) is 17.6. The Hall–Kier alpha value is -2.61. The first-order chi connectivity index (χ1) is 12.1. The molecular formula is C17H20N6OS. The van der Waals surface area contributed by atoms with Crippen molar-refractivity contribution in [1.82, 2.24) is 29.9 Å². The molecule has 0 saturated carbocycles. The molecule has 7 nitrogen and oxygen atoms in total. The first kappa shape index (κ1) is 17.2. The molecule has 0 saturated heterocycles. The summed E-state index contributed by atoms with van der Waals surface area (Å²) in [5, 5.41) is 11.8. The van der Waals surface area contributed by atoms with E-state index in [0.29, 0.717) is 18.8 Å². The lowest BCUT2D eigenvalue weighted by atomic mass is 10.1. The average molecular weight is 356 g/mol. The number of benzene rings is 1. The zero-order valence-corrected chi connectivity index (χ0v) is 15.0. The van der Waals surface area contributed by atoms with Crippen LogP contribution in [0.2, 0.25) is 0 Å². The van der Waals surface area contributed by atoms with Crippen LogP contribution in [0.1, 0.15) is 21.6 Å². The van der Waals surface area contributed by atoms with E-state index in [1.807, 2.05) is 36.0 Å². The van der Waals surface area contributed by atoms with Crippen LogP contribution >= 0.6 is 11.8 Å². The standard InChI is InChI=1S/C17H20N6OS/c1-13-5-3-4-6-14(13)11-23-12-15(20-21-23)16(24)18-8-10-25-17-19-7-9-22(17)2/h3-7,9,12H,8,10-11H2,1-2H3,(H,18,24). The Bertz CT molecular complexity index is 856. The van der Waals surface area contributed by atoms with E-state index in [9.17, 15) is 4.79 Å². The summed E-state index contributed by atoms with van der Waals surface area (Å²) in [7, 11) is 1.95. The van der Waals surface area contributed by atoms with Crippen molar-refractivity contribution in [2.24, 2.45) is 7.05 Å². The van der Waals surface area contributed by atoms with Crippen molar-refractivity contribution in [3.8, 4) is 0 Å². The number of hydrogen-bond donors (Lipinski definition) is 1. The molecule has 3 rings (SSSR count). The summed E-state index contributed by atoms with van der Waals surface area (Å²) in [4.78, 5) is 16.4. The van der Waals surface area contributed by atoms with E-state index in [0.717, 1.165) is 16.5 Å². The van der Waals surface area contributed by atoms with Gasteiger partial charge in [0.05, 0.1) is 12.7 Å². The van der Waals surface area contributed by atoms with Gasteiger partial charge in [-0.1, -0.05) is 41.2 Å². The summed E-state index contributed by atoms with van der Waals surface area (Å²) in [6, 6.07) is 8.10. The maximum atomic E-state index is 12.1. The molecule has 130 valence electrons. The van der Waals surface area contributed by atoms with Gasteiger partial charge in [-0.25, -0.2) is 9.67 Å². The number of aromatic nitrogens is 5. The molecule has 2 heterocycles. The van der Waals surface area contributed by atoms with E-state index in [2.05, 4.69) is 33.6 Å². The van der Waals surface area contributed by atoms with Crippen molar-refractivity contribution in [3.63, 3.8) is 0 Å². The minimum absolute atomic E-state index is 0.212. The molecule has 0 unspecified atom stereocenters. The molecular weight excluding hydrogens is 336 g/mol. The second kappa shape index (κ2) is 7.98. The van der Waals surface area contributed by atoms with Crippen LogP contribution in [0, 0.1) is 6.92 Å². The Balaban J connectivity index is 1.49. The molecule has 0 atom stereocenters. The SMILES string of the molecule is Cc1ccccc1Cn1cc(C(=O)NCCSc2nccn2C)nn1. The molecule has 1 amide bonds. The molecule has 25 heavy (non-hydrogen) atoms. The highest BCUT2D eigenvalue weighted by molar-refractivity contribution is 7.99. The van der Waals surface area contributed by atoms with E-state index < -0.39 is 0 Å². The highest BCUT2D eigenvalue weighted by Crippen LogP contribution is 2.13. The third-order valence-electron chi connectivity index (χ3n) is 3.76. The van der Waals surface area contributed by atoms with Crippen molar-refractivity contribution >= 4 is 17.7 Å². The van der Waals surface area contributed by atoms with Crippen LogP contribution in [-0.2, 0) is 13.6 Å². The monoisotopic (exact) mass is 356 g/mol. The number of rotatable bonds is 7. The van der Waals surface area contributed by atoms with Crippen molar-refractivity contribution < 1.29 is 4.79 Å². The number of imidazole rings is 1. The van der Waals surface area contributed by atoms with Gasteiger partial charge in [-0.05, 0) is 18.1 Å². The van der Waals surface area contributed by atoms with Crippen LogP contribution in [0.3, 0.4) is 0 Å². The lowest BCUT2D eigenvalue weighted by molar-refractivity contribution is 0.0951. The molecule has 1 N–H and O–H groups in total. The smallest absolute Gasteiger partial charge is 0.273 e. The molecule has 0 spiro atoms. The van der Waals surface area contributed by atoms with Crippen molar-refractivity contribution in [2.45, 2.75) is 18.6 Å². The van der Waals surface area contributed by atoms with Gasteiger partial charge in [0, 0.05) is 31.7 Å². The number of thioether (sulfide) groups is 1. The van der Waals surface area contributed by atoms with Gasteiger partial charge in [0.15, 0.2) is 10.9 Å². The summed E-state index contributed by atoms with van der Waals surface area (Å²) in [6.07, 6.45) is 5.33. The fraction of sp³-hybridized carbons (Fsp3) is 0.294. The van der Waals surface area contributed by atoms with Gasteiger partial charge < -0.3 is 9.88 Å². The molecule has 1 aromatic carbocycles. The van der Waals surface area contributed by atoms with Crippen LogP contribution in [-0.4, -0.2) is 42.7 Å². The molecule has 2 aromatic heterocycles. The predicted molar refractivity (Wildman–Crippen MR) is 96.6 cm³/mol. The summed E-state index contributed by atoms with van der Waals surface area (Å²) >= 11 is 1.60. The topological polar surface area (TPSA) is 77.6 Å². The fourth-order valence-electron chi connectivity index (χ4n) is 2.33. The van der Waals surface area contributed by atoms with Crippen LogP contribution in [0.4, 0.5) is 0 Å². The van der Waals surface area contributed by atoms with Gasteiger partial charge in [-0.3, -0.25) is 4.79 Å². The number of carbonyl (C=O) groups is 1. The second-order valence-corrected chi connectivity index (χ2v) is 6.72. The predicted octanol–water partition coefficient (Wildman–Crippen LogP) is 1.89. The average Bonchev–Trinajstić information content (AvgIpc) is 3.23. The maximum absolute atomic E-state index is 12.1. The van der Waals surface area contributed by atoms with E-state index in [1.165, 1.54) is 5.56 Å². The summed E-state index contributed by atoms with van der Waals surface area (Å²) in [5.74, 6) is 0.532. The fourth-order valence-corrected chi connectivity index (χ4v) is 3.12. The zero-order valence-electron chi connectivity index (χ0n) is 14.2. The number of amides is 1. The largest absolute Gasteiger partial charge is 0.350 e. The van der Waals surface area contributed by atoms with E-state index >= 15 is 0 Å². The van der Waals surface area contributed by atoms with Crippen molar-refractivity contribution in [3.05, 3.63) is 59.7 Å². The molecule has 8 heteroatoms. The number of nitrogens with zero attached hydrogens (tertiary/aromatic N) is 5. The summed E-state index contributed by atoms with van der Waals surface area (Å²) < 4.78 is 3.63. The van der Waals surface area contributed by atoms with Crippen LogP contribution < -0.4 is 5.32 Å². The van der Waals surface area contributed by atoms with Gasteiger partial charge >= 0.3 is 0 Å². The van der Waals surface area contributed by atoms with Gasteiger partial charge in [-0.2, -0.15) is 0 Å². The Kier molecular flexibility index (Phi) is 5.49. The van der Waals surface area contributed by atoms with Crippen LogP contribution in [0.15, 0.2) is 48.0 Å². The molecule has 0 aliphatic heterocycles. The first-order valence-corrected chi connectivity index (χ1v) is 8.95. The molecule has 0 aliphatic carbocycles. The van der Waals surface area contributed by atoms with Crippen LogP contribution in [0.25, 0.3) is 0 Å². The molecule has 3 aromatic rings. The third-order valence-corrected chi connectivity index (χ3v) is 4.82. The molecule has 0 fully saturated rings. The Morgan fingerprint density at radius 1 is 1.32 bits per heavy atom. The Labute approximate surface area is 150 Å². The minimum Gasteiger partial charge on any atom is -0.350 e. The Morgan fingerprint density at radius 3 is 2.92 bits per heavy atom. The number of nitrogens with one attached hydrogen (secondary N) is 1. The highest BCUT2D eigenvalue weighted by Gasteiger charge is 2.11. The lowest BCUT2D eigenvalue weighted by Gasteiger charge is -2.04. The lowest BCUT2D eigenvalue weighted by Crippen LogP contribution is -2.26. The van der Waals surface area contributed by atoms with Crippen molar-refractivity contribution in [2.75, 3.05) is 12.3 Å². The summed E-state index contributed by atoms with van der Waals surface area (Å²) in [5.41, 5.74) is 2.68. The van der Waals surface area contributed by atoms with Gasteiger partial charge in [-0.15, -0.1) is 5.10 Å². The molecule has 0 aliphatic rings. The van der Waals surface area contributed by atoms with Gasteiger partial charge in [0.25, 0.3) is 5.91 Å². The number of aryl methyl sites for hydroxylation is 2. The highest BCUT2D eigenvalue weighted by atomic mass is 32.2. The first-order valence-electron chi connectivity index (χ1n) is 7.96. The Morgan fingerprint density at radius 2 is 2.16 bits per heavy atom. The second-order valence-electron chi connectivity index (χ2n) is 5.65. The summed E-state index contributed by atoms with van der Waals surface area (Å²) in [6.45, 7) is 3.20. The van der Waals surface area contributed by atoms with E-state index in [4.69, 9.17) is 0 Å². The molecule has 0 bridgehead atoms. The van der Waals surface area contributed by atoms with E-state index in [1.54, 1.807) is 28.8 Å². The van der Waals surface area contributed by atoms with Gasteiger partial charge in [0.2, 0.25) is 0 Å². The van der Waals surface area contributed by atoms with E-state index in [-0.39, 0.29) is 5.91 Å². The third kappa shape index (κ3) is 4.48. The number of hydrogen-bond acceptors (Lipinski definition) is 5. The quantitative estimate of drug-likeness (QED) is 0.517. The van der Waals surface area contributed by atoms with Gasteiger partial charge in [0.1, 0.15) is 0 Å². The maximum Gasteiger partial charge on any atom is 0.273 e. The van der Waals surface area contributed by atoms with Crippen molar-refractivity contribution in [1.29, 1.82) is 0 Å². The molecule has 0 radical (unpaired) electrons. The van der Waals surface area contributed by atoms with Crippen LogP contribution in [0.5, 0.6) is 0 Å².